The number of hydrogen-bond acceptors (Lipinski definition) is 4. The van der Waals surface area contributed by atoms with E-state index in [0.717, 1.165) is 27.8 Å². The highest BCUT2D eigenvalue weighted by Gasteiger charge is 2.11. The Morgan fingerprint density at radius 1 is 1.19 bits per heavy atom. The van der Waals surface area contributed by atoms with Gasteiger partial charge in [-0.05, 0) is 17.2 Å². The first-order valence-corrected chi connectivity index (χ1v) is 8.27. The van der Waals surface area contributed by atoms with Gasteiger partial charge in [0, 0.05) is 49.6 Å². The van der Waals surface area contributed by atoms with E-state index in [0.29, 0.717) is 17.6 Å². The summed E-state index contributed by atoms with van der Waals surface area (Å²) >= 11 is 0. The van der Waals surface area contributed by atoms with E-state index in [1.807, 2.05) is 25.5 Å². The average molecular weight is 346 g/mol. The van der Waals surface area contributed by atoms with E-state index in [2.05, 4.69) is 49.9 Å². The Balaban J connectivity index is 1.61. The molecule has 130 valence electrons. The highest BCUT2D eigenvalue weighted by Crippen LogP contribution is 2.22. The van der Waals surface area contributed by atoms with Crippen molar-refractivity contribution in [2.75, 3.05) is 7.05 Å². The maximum atomic E-state index is 11.8. The van der Waals surface area contributed by atoms with Crippen molar-refractivity contribution in [2.45, 2.75) is 6.42 Å². The zero-order valence-corrected chi connectivity index (χ0v) is 14.5. The maximum absolute atomic E-state index is 11.8. The molecule has 0 unspecified atom stereocenters. The monoisotopic (exact) mass is 346 g/mol. The second-order valence-electron chi connectivity index (χ2n) is 6.15. The standard InChI is InChI=1S/C19H18N6O/c1-20-19(26)14-8-16-17(23-24-18(16)21-9-14)7-12-3-5-13(6-4-12)15-10-22-25(2)11-15/h3-6,8-11H,7H2,1-2H3,(H,20,26)(H,21,23,24). The summed E-state index contributed by atoms with van der Waals surface area (Å²) in [5, 5.41) is 15.0. The van der Waals surface area contributed by atoms with Crippen LogP contribution in [-0.2, 0) is 13.5 Å². The van der Waals surface area contributed by atoms with Crippen molar-refractivity contribution in [3.8, 4) is 11.1 Å². The molecule has 0 aliphatic rings. The van der Waals surface area contributed by atoms with E-state index in [1.165, 1.54) is 6.20 Å². The number of aromatic nitrogens is 5. The lowest BCUT2D eigenvalue weighted by atomic mass is 10.0. The van der Waals surface area contributed by atoms with Crippen LogP contribution in [0.2, 0.25) is 0 Å². The van der Waals surface area contributed by atoms with E-state index in [9.17, 15) is 4.79 Å². The summed E-state index contributed by atoms with van der Waals surface area (Å²) in [5.41, 5.74) is 5.43. The summed E-state index contributed by atoms with van der Waals surface area (Å²) in [6.07, 6.45) is 6.06. The zero-order valence-electron chi connectivity index (χ0n) is 14.5. The van der Waals surface area contributed by atoms with E-state index < -0.39 is 0 Å². The number of nitrogens with zero attached hydrogens (tertiary/aromatic N) is 4. The van der Waals surface area contributed by atoms with Gasteiger partial charge in [-0.1, -0.05) is 24.3 Å². The summed E-state index contributed by atoms with van der Waals surface area (Å²) in [5.74, 6) is -0.160. The van der Waals surface area contributed by atoms with Crippen LogP contribution in [0.1, 0.15) is 21.6 Å². The number of carbonyl (C=O) groups excluding carboxylic acids is 1. The second kappa shape index (κ2) is 6.44. The number of benzene rings is 1. The molecule has 3 aromatic heterocycles. The van der Waals surface area contributed by atoms with E-state index in [1.54, 1.807) is 11.7 Å². The molecule has 0 spiro atoms. The van der Waals surface area contributed by atoms with Crippen LogP contribution in [0.3, 0.4) is 0 Å². The number of hydrogen-bond donors (Lipinski definition) is 2. The number of amides is 1. The Bertz CT molecular complexity index is 1080. The Morgan fingerprint density at radius 3 is 2.69 bits per heavy atom. The highest BCUT2D eigenvalue weighted by atomic mass is 16.1. The summed E-state index contributed by atoms with van der Waals surface area (Å²) in [6.45, 7) is 0. The Morgan fingerprint density at radius 2 is 2.00 bits per heavy atom. The normalized spacial score (nSPS) is 11.0. The highest BCUT2D eigenvalue weighted by molar-refractivity contribution is 5.97. The summed E-state index contributed by atoms with van der Waals surface area (Å²) in [7, 11) is 3.51. The Hall–Kier alpha value is -3.48. The van der Waals surface area contributed by atoms with Gasteiger partial charge in [-0.15, -0.1) is 0 Å². The molecule has 0 fully saturated rings. The third kappa shape index (κ3) is 2.95. The van der Waals surface area contributed by atoms with Crippen LogP contribution in [0.15, 0.2) is 48.9 Å². The number of aromatic amines is 1. The van der Waals surface area contributed by atoms with Gasteiger partial charge < -0.3 is 5.32 Å². The van der Waals surface area contributed by atoms with Gasteiger partial charge in [0.25, 0.3) is 5.91 Å². The molecule has 1 amide bonds. The topological polar surface area (TPSA) is 88.5 Å². The van der Waals surface area contributed by atoms with Crippen LogP contribution in [0.25, 0.3) is 22.2 Å². The van der Waals surface area contributed by atoms with E-state index in [-0.39, 0.29) is 5.91 Å². The van der Waals surface area contributed by atoms with Crippen molar-refractivity contribution in [2.24, 2.45) is 7.05 Å². The van der Waals surface area contributed by atoms with Gasteiger partial charge in [-0.3, -0.25) is 14.6 Å². The van der Waals surface area contributed by atoms with Crippen LogP contribution in [-0.4, -0.2) is 37.9 Å². The van der Waals surface area contributed by atoms with E-state index >= 15 is 0 Å². The number of nitrogens with one attached hydrogen (secondary N) is 2. The van der Waals surface area contributed by atoms with Gasteiger partial charge in [0.05, 0.1) is 11.8 Å². The van der Waals surface area contributed by atoms with E-state index in [4.69, 9.17) is 0 Å². The predicted molar refractivity (Wildman–Crippen MR) is 98.7 cm³/mol. The molecule has 0 saturated heterocycles. The van der Waals surface area contributed by atoms with Crippen molar-refractivity contribution in [1.29, 1.82) is 0 Å². The van der Waals surface area contributed by atoms with Crippen LogP contribution < -0.4 is 5.32 Å². The minimum absolute atomic E-state index is 0.160. The lowest BCUT2D eigenvalue weighted by Gasteiger charge is -2.03. The number of pyridine rings is 1. The van der Waals surface area contributed by atoms with Gasteiger partial charge in [0.1, 0.15) is 0 Å². The Kier molecular flexibility index (Phi) is 3.96. The minimum Gasteiger partial charge on any atom is -0.355 e. The lowest BCUT2D eigenvalue weighted by molar-refractivity contribution is 0.0963. The first kappa shape index (κ1) is 16.0. The third-order valence-electron chi connectivity index (χ3n) is 4.35. The lowest BCUT2D eigenvalue weighted by Crippen LogP contribution is -2.17. The molecule has 1 aromatic carbocycles. The molecule has 7 nitrogen and oxygen atoms in total. The zero-order chi connectivity index (χ0) is 18.1. The van der Waals surface area contributed by atoms with Crippen LogP contribution in [0.4, 0.5) is 0 Å². The molecule has 26 heavy (non-hydrogen) atoms. The first-order valence-electron chi connectivity index (χ1n) is 8.27. The number of aryl methyl sites for hydroxylation is 1. The fourth-order valence-electron chi connectivity index (χ4n) is 2.94. The van der Waals surface area contributed by atoms with Gasteiger partial charge in [-0.25, -0.2) is 4.98 Å². The summed E-state index contributed by atoms with van der Waals surface area (Å²) < 4.78 is 1.79. The molecule has 0 radical (unpaired) electrons. The van der Waals surface area contributed by atoms with Crippen molar-refractivity contribution < 1.29 is 4.79 Å². The third-order valence-corrected chi connectivity index (χ3v) is 4.35. The second-order valence-corrected chi connectivity index (χ2v) is 6.15. The fraction of sp³-hybridized carbons (Fsp3) is 0.158. The molecular formula is C19H18N6O. The molecule has 7 heteroatoms. The summed E-state index contributed by atoms with van der Waals surface area (Å²) in [6, 6.07) is 10.2. The van der Waals surface area contributed by atoms with Crippen molar-refractivity contribution in [3.05, 3.63) is 65.7 Å². The average Bonchev–Trinajstić information content (AvgIpc) is 3.28. The van der Waals surface area contributed by atoms with Crippen molar-refractivity contribution in [1.82, 2.24) is 30.3 Å². The summed E-state index contributed by atoms with van der Waals surface area (Å²) in [4.78, 5) is 16.1. The van der Waals surface area contributed by atoms with Crippen LogP contribution >= 0.6 is 0 Å². The van der Waals surface area contributed by atoms with Crippen molar-refractivity contribution in [3.63, 3.8) is 0 Å². The molecule has 0 aliphatic carbocycles. The number of rotatable bonds is 4. The van der Waals surface area contributed by atoms with Gasteiger partial charge in [0.2, 0.25) is 0 Å². The molecule has 4 rings (SSSR count). The quantitative estimate of drug-likeness (QED) is 0.593. The Labute approximate surface area is 150 Å². The number of fused-ring (bicyclic) bond motifs is 1. The van der Waals surface area contributed by atoms with Gasteiger partial charge in [-0.2, -0.15) is 10.2 Å². The first-order chi connectivity index (χ1) is 12.6. The molecular weight excluding hydrogens is 328 g/mol. The SMILES string of the molecule is CNC(=O)c1cnc2n[nH]c(Cc3ccc(-c4cnn(C)c4)cc3)c2c1. The van der Waals surface area contributed by atoms with Gasteiger partial charge >= 0.3 is 0 Å². The predicted octanol–water partition coefficient (Wildman–Crippen LogP) is 2.31. The molecule has 4 aromatic rings. The molecule has 0 aliphatic heterocycles. The van der Waals surface area contributed by atoms with Crippen LogP contribution in [0.5, 0.6) is 0 Å². The molecule has 2 N–H and O–H groups in total. The largest absolute Gasteiger partial charge is 0.355 e. The smallest absolute Gasteiger partial charge is 0.252 e. The minimum atomic E-state index is -0.160. The number of carbonyl (C=O) groups is 1. The molecule has 0 atom stereocenters. The van der Waals surface area contributed by atoms with Crippen LogP contribution in [0, 0.1) is 0 Å². The molecule has 0 bridgehead atoms. The maximum Gasteiger partial charge on any atom is 0.252 e. The van der Waals surface area contributed by atoms with Crippen molar-refractivity contribution >= 4 is 16.9 Å². The fourth-order valence-corrected chi connectivity index (χ4v) is 2.94. The number of H-pyrrole nitrogens is 1. The van der Waals surface area contributed by atoms with Gasteiger partial charge in [0.15, 0.2) is 5.65 Å². The molecule has 0 saturated carbocycles. The molecule has 3 heterocycles.